The summed E-state index contributed by atoms with van der Waals surface area (Å²) in [5.74, 6) is 0. The maximum Gasteiger partial charge on any atom is 0.150 e. The van der Waals surface area contributed by atoms with E-state index < -0.39 is 0 Å². The molecular formula is C12H17N3O2S2. The van der Waals surface area contributed by atoms with Crippen LogP contribution in [0, 0.1) is 0 Å². The van der Waals surface area contributed by atoms with Gasteiger partial charge in [0.25, 0.3) is 0 Å². The lowest BCUT2D eigenvalue weighted by atomic mass is 10.1. The van der Waals surface area contributed by atoms with E-state index >= 15 is 0 Å². The second-order valence-electron chi connectivity index (χ2n) is 3.67. The topological polar surface area (TPSA) is 55.7 Å². The standard InChI is InChI=1S/C12H17N3O2S2/c1-9(14-15-12(18)19)11-10(4-3-5-13-11)8-17-7-6-16-2/h3-5H,6-8H2,1-2H3,(H2,15,18,19)/b14-9+. The Labute approximate surface area is 123 Å². The third kappa shape index (κ3) is 6.11. The van der Waals surface area contributed by atoms with Crippen LogP contribution in [0.1, 0.15) is 18.2 Å². The summed E-state index contributed by atoms with van der Waals surface area (Å²) < 4.78 is 10.7. The van der Waals surface area contributed by atoms with Crippen LogP contribution in [0.15, 0.2) is 23.4 Å². The number of aromatic nitrogens is 1. The molecule has 7 heteroatoms. The van der Waals surface area contributed by atoms with Crippen molar-refractivity contribution in [3.05, 3.63) is 29.6 Å². The Morgan fingerprint density at radius 2 is 2.32 bits per heavy atom. The zero-order valence-electron chi connectivity index (χ0n) is 10.9. The van der Waals surface area contributed by atoms with Crippen LogP contribution in [-0.2, 0) is 16.1 Å². The number of thiocarbonyl (C=S) groups is 1. The maximum atomic E-state index is 5.50. The highest BCUT2D eigenvalue weighted by Gasteiger charge is 2.07. The van der Waals surface area contributed by atoms with E-state index in [0.29, 0.717) is 24.1 Å². The fourth-order valence-corrected chi connectivity index (χ4v) is 1.49. The van der Waals surface area contributed by atoms with Gasteiger partial charge in [0.15, 0.2) is 4.32 Å². The number of pyridine rings is 1. The van der Waals surface area contributed by atoms with E-state index in [1.165, 1.54) is 0 Å². The molecule has 0 saturated carbocycles. The van der Waals surface area contributed by atoms with Crippen molar-refractivity contribution in [2.75, 3.05) is 20.3 Å². The molecule has 0 bridgehead atoms. The van der Waals surface area contributed by atoms with Gasteiger partial charge in [-0.2, -0.15) is 5.10 Å². The normalized spacial score (nSPS) is 11.4. The van der Waals surface area contributed by atoms with Crippen LogP contribution in [-0.4, -0.2) is 35.3 Å². The van der Waals surface area contributed by atoms with Crippen LogP contribution >= 0.6 is 24.8 Å². The first-order chi connectivity index (χ1) is 9.15. The largest absolute Gasteiger partial charge is 0.382 e. The van der Waals surface area contributed by atoms with Crippen molar-refractivity contribution in [3.8, 4) is 0 Å². The van der Waals surface area contributed by atoms with Gasteiger partial charge in [-0.05, 0) is 13.0 Å². The van der Waals surface area contributed by atoms with Gasteiger partial charge in [-0.3, -0.25) is 10.4 Å². The number of methoxy groups -OCH3 is 1. The molecule has 0 aliphatic carbocycles. The average molecular weight is 299 g/mol. The molecule has 0 radical (unpaired) electrons. The van der Waals surface area contributed by atoms with Crippen molar-refractivity contribution in [1.82, 2.24) is 10.4 Å². The summed E-state index contributed by atoms with van der Waals surface area (Å²) in [6, 6.07) is 3.82. The summed E-state index contributed by atoms with van der Waals surface area (Å²) in [6.07, 6.45) is 1.71. The number of ether oxygens (including phenoxy) is 2. The third-order valence-corrected chi connectivity index (χ3v) is 2.43. The summed E-state index contributed by atoms with van der Waals surface area (Å²) >= 11 is 8.73. The Morgan fingerprint density at radius 1 is 1.53 bits per heavy atom. The molecule has 1 aromatic heterocycles. The van der Waals surface area contributed by atoms with Gasteiger partial charge in [-0.25, -0.2) is 0 Å². The number of hydrogen-bond acceptors (Lipinski definition) is 5. The monoisotopic (exact) mass is 299 g/mol. The van der Waals surface area contributed by atoms with Gasteiger partial charge in [-0.1, -0.05) is 18.3 Å². The summed E-state index contributed by atoms with van der Waals surface area (Å²) in [4.78, 5) is 4.31. The molecule has 104 valence electrons. The first-order valence-corrected chi connectivity index (χ1v) is 6.55. The van der Waals surface area contributed by atoms with Crippen LogP contribution in [0.4, 0.5) is 0 Å². The number of rotatable bonds is 7. The molecule has 19 heavy (non-hydrogen) atoms. The van der Waals surface area contributed by atoms with E-state index in [0.717, 1.165) is 17.0 Å². The Morgan fingerprint density at radius 3 is 3.00 bits per heavy atom. The minimum Gasteiger partial charge on any atom is -0.382 e. The number of hydrogen-bond donors (Lipinski definition) is 2. The Balaban J connectivity index is 2.71. The zero-order chi connectivity index (χ0) is 14.1. The first-order valence-electron chi connectivity index (χ1n) is 5.69. The van der Waals surface area contributed by atoms with E-state index in [2.05, 4.69) is 28.1 Å². The number of hydrazone groups is 1. The van der Waals surface area contributed by atoms with E-state index in [4.69, 9.17) is 21.7 Å². The van der Waals surface area contributed by atoms with Gasteiger partial charge in [0.05, 0.1) is 31.2 Å². The van der Waals surface area contributed by atoms with Gasteiger partial charge in [0, 0.05) is 18.9 Å². The van der Waals surface area contributed by atoms with Gasteiger partial charge >= 0.3 is 0 Å². The second-order valence-corrected chi connectivity index (χ2v) is 4.83. The molecule has 0 aliphatic heterocycles. The highest BCUT2D eigenvalue weighted by molar-refractivity contribution is 8.11. The third-order valence-electron chi connectivity index (χ3n) is 2.24. The lowest BCUT2D eigenvalue weighted by Crippen LogP contribution is -2.14. The lowest BCUT2D eigenvalue weighted by Gasteiger charge is -2.09. The number of nitrogens with zero attached hydrogens (tertiary/aromatic N) is 2. The van der Waals surface area contributed by atoms with Crippen molar-refractivity contribution in [1.29, 1.82) is 0 Å². The minimum absolute atomic E-state index is 0.313. The van der Waals surface area contributed by atoms with Crippen molar-refractivity contribution in [2.24, 2.45) is 5.10 Å². The molecule has 0 saturated heterocycles. The van der Waals surface area contributed by atoms with Crippen molar-refractivity contribution in [3.63, 3.8) is 0 Å². The fourth-order valence-electron chi connectivity index (χ4n) is 1.39. The van der Waals surface area contributed by atoms with Gasteiger partial charge in [0.1, 0.15) is 0 Å². The van der Waals surface area contributed by atoms with Gasteiger partial charge in [-0.15, -0.1) is 12.6 Å². The molecule has 0 fully saturated rings. The Bertz CT molecular complexity index is 452. The maximum absolute atomic E-state index is 5.50. The molecular weight excluding hydrogens is 282 g/mol. The number of nitrogens with one attached hydrogen (secondary N) is 1. The summed E-state index contributed by atoms with van der Waals surface area (Å²) in [7, 11) is 1.64. The van der Waals surface area contributed by atoms with E-state index in [-0.39, 0.29) is 0 Å². The SMILES string of the molecule is COCCOCc1cccnc1/C(C)=N/NC(=S)S. The highest BCUT2D eigenvalue weighted by Crippen LogP contribution is 2.08. The quantitative estimate of drug-likeness (QED) is 0.264. The number of thiol groups is 1. The van der Waals surface area contributed by atoms with Crippen molar-refractivity contribution in [2.45, 2.75) is 13.5 Å². The van der Waals surface area contributed by atoms with E-state index in [1.807, 2.05) is 19.1 Å². The molecule has 1 N–H and O–H groups in total. The van der Waals surface area contributed by atoms with Crippen LogP contribution in [0.5, 0.6) is 0 Å². The first kappa shape index (κ1) is 16.0. The zero-order valence-corrected chi connectivity index (χ0v) is 12.6. The molecule has 0 aromatic carbocycles. The van der Waals surface area contributed by atoms with E-state index in [9.17, 15) is 0 Å². The summed E-state index contributed by atoms with van der Waals surface area (Å²) in [6.45, 7) is 3.42. The van der Waals surface area contributed by atoms with Crippen LogP contribution in [0.3, 0.4) is 0 Å². The fraction of sp³-hybridized carbons (Fsp3) is 0.417. The lowest BCUT2D eigenvalue weighted by molar-refractivity contribution is 0.0615. The molecule has 0 spiro atoms. The molecule has 1 heterocycles. The molecule has 5 nitrogen and oxygen atoms in total. The second kappa shape index (κ2) is 8.98. The van der Waals surface area contributed by atoms with Crippen molar-refractivity contribution >= 4 is 34.9 Å². The highest BCUT2D eigenvalue weighted by atomic mass is 32.1. The van der Waals surface area contributed by atoms with Gasteiger partial charge in [0.2, 0.25) is 0 Å². The minimum atomic E-state index is 0.313. The predicted octanol–water partition coefficient (Wildman–Crippen LogP) is 1.77. The Kier molecular flexibility index (Phi) is 7.57. The van der Waals surface area contributed by atoms with Gasteiger partial charge < -0.3 is 9.47 Å². The van der Waals surface area contributed by atoms with Crippen molar-refractivity contribution < 1.29 is 9.47 Å². The molecule has 0 atom stereocenters. The molecule has 0 aliphatic rings. The summed E-state index contributed by atoms with van der Waals surface area (Å²) in [5, 5.41) is 4.11. The predicted molar refractivity (Wildman–Crippen MR) is 82.7 cm³/mol. The summed E-state index contributed by atoms with van der Waals surface area (Å²) in [5.41, 5.74) is 5.09. The van der Waals surface area contributed by atoms with Crippen LogP contribution in [0.25, 0.3) is 0 Å². The van der Waals surface area contributed by atoms with Crippen LogP contribution < -0.4 is 5.43 Å². The molecule has 1 aromatic rings. The smallest absolute Gasteiger partial charge is 0.150 e. The Hall–Kier alpha value is -1.02. The molecule has 1 rings (SSSR count). The van der Waals surface area contributed by atoms with Crippen LogP contribution in [0.2, 0.25) is 0 Å². The molecule has 0 amide bonds. The van der Waals surface area contributed by atoms with E-state index in [1.54, 1.807) is 13.3 Å². The average Bonchev–Trinajstić information content (AvgIpc) is 2.41. The molecule has 0 unspecified atom stereocenters.